The van der Waals surface area contributed by atoms with Gasteiger partial charge in [-0.05, 0) is 78.7 Å². The van der Waals surface area contributed by atoms with Gasteiger partial charge in [0.15, 0.2) is 5.65 Å². The first kappa shape index (κ1) is 29.2. The number of nitrogens with zero attached hydrogens (tertiary/aromatic N) is 3. The molecular formula is C30H23ClF3N5O2S. The smallest absolute Gasteiger partial charge is 0.416 e. The van der Waals surface area contributed by atoms with E-state index in [9.17, 15) is 23.1 Å². The van der Waals surface area contributed by atoms with E-state index in [-0.39, 0.29) is 22.3 Å². The third-order valence-electron chi connectivity index (χ3n) is 6.21. The molecule has 2 aromatic heterocycles. The van der Waals surface area contributed by atoms with Crippen molar-refractivity contribution in [3.8, 4) is 5.75 Å². The second-order valence-corrected chi connectivity index (χ2v) is 11.1. The van der Waals surface area contributed by atoms with Crippen LogP contribution in [0.5, 0.6) is 5.75 Å². The van der Waals surface area contributed by atoms with Crippen molar-refractivity contribution in [3.05, 3.63) is 101 Å². The van der Waals surface area contributed by atoms with Gasteiger partial charge in [0.2, 0.25) is 0 Å². The summed E-state index contributed by atoms with van der Waals surface area (Å²) in [6.45, 7) is 4.08. The maximum atomic E-state index is 13.0. The second kappa shape index (κ2) is 11.9. The highest BCUT2D eigenvalue weighted by Crippen LogP contribution is 2.38. The average Bonchev–Trinajstić information content (AvgIpc) is 2.94. The lowest BCUT2D eigenvalue weighted by atomic mass is 10.1. The fourth-order valence-electron chi connectivity index (χ4n) is 4.02. The van der Waals surface area contributed by atoms with Crippen molar-refractivity contribution in [2.45, 2.75) is 35.7 Å². The van der Waals surface area contributed by atoms with Gasteiger partial charge in [0.05, 0.1) is 27.2 Å². The van der Waals surface area contributed by atoms with Crippen LogP contribution in [0.25, 0.3) is 11.0 Å². The van der Waals surface area contributed by atoms with Crippen LogP contribution in [0.3, 0.4) is 0 Å². The van der Waals surface area contributed by atoms with Crippen molar-refractivity contribution in [3.63, 3.8) is 0 Å². The Morgan fingerprint density at radius 2 is 1.74 bits per heavy atom. The van der Waals surface area contributed by atoms with E-state index in [0.717, 1.165) is 33.7 Å². The molecule has 2 heterocycles. The number of carbonyl (C=O) groups excluding carboxylic acids is 1. The summed E-state index contributed by atoms with van der Waals surface area (Å²) in [5.74, 6) is 0.173. The molecule has 0 spiro atoms. The lowest BCUT2D eigenvalue weighted by molar-refractivity contribution is -0.137. The Morgan fingerprint density at radius 1 is 0.976 bits per heavy atom. The number of fused-ring (bicyclic) bond motifs is 1. The van der Waals surface area contributed by atoms with Crippen molar-refractivity contribution in [2.24, 2.45) is 0 Å². The van der Waals surface area contributed by atoms with Crippen molar-refractivity contribution in [1.29, 1.82) is 0 Å². The molecule has 0 aliphatic heterocycles. The van der Waals surface area contributed by atoms with E-state index >= 15 is 0 Å². The van der Waals surface area contributed by atoms with E-state index in [0.29, 0.717) is 28.2 Å². The Labute approximate surface area is 248 Å². The molecule has 0 aliphatic carbocycles. The van der Waals surface area contributed by atoms with Gasteiger partial charge in [-0.1, -0.05) is 37.2 Å². The van der Waals surface area contributed by atoms with Crippen LogP contribution in [0.1, 0.15) is 41.4 Å². The van der Waals surface area contributed by atoms with Crippen LogP contribution >= 0.6 is 23.4 Å². The quantitative estimate of drug-likeness (QED) is 0.170. The summed E-state index contributed by atoms with van der Waals surface area (Å²) < 4.78 is 39.1. The van der Waals surface area contributed by atoms with Crippen molar-refractivity contribution in [2.75, 3.05) is 10.6 Å². The summed E-state index contributed by atoms with van der Waals surface area (Å²) >= 11 is 7.44. The number of pyridine rings is 1. The zero-order chi connectivity index (χ0) is 30.0. The number of alkyl halides is 3. The highest BCUT2D eigenvalue weighted by atomic mass is 35.5. The zero-order valence-electron chi connectivity index (χ0n) is 22.2. The number of halogens is 4. The molecule has 0 radical (unpaired) electrons. The number of phenolic OH excluding ortho intramolecular Hbond substituents is 1. The van der Waals surface area contributed by atoms with Gasteiger partial charge in [0.1, 0.15) is 17.9 Å². The summed E-state index contributed by atoms with van der Waals surface area (Å²) in [6, 6.07) is 18.2. The van der Waals surface area contributed by atoms with E-state index < -0.39 is 17.6 Å². The van der Waals surface area contributed by atoms with E-state index in [4.69, 9.17) is 11.6 Å². The molecule has 1 amide bonds. The third-order valence-corrected chi connectivity index (χ3v) is 7.60. The molecule has 7 nitrogen and oxygen atoms in total. The van der Waals surface area contributed by atoms with E-state index in [1.54, 1.807) is 42.5 Å². The molecule has 214 valence electrons. The lowest BCUT2D eigenvalue weighted by Gasteiger charge is -2.16. The number of benzene rings is 3. The zero-order valence-corrected chi connectivity index (χ0v) is 23.8. The average molecular weight is 610 g/mol. The number of carbonyl (C=O) groups is 1. The number of aromatic hydroxyl groups is 1. The van der Waals surface area contributed by atoms with E-state index in [2.05, 4.69) is 25.6 Å². The van der Waals surface area contributed by atoms with Crippen LogP contribution in [0, 0.1) is 0 Å². The van der Waals surface area contributed by atoms with E-state index in [1.807, 2.05) is 26.0 Å². The highest BCUT2D eigenvalue weighted by molar-refractivity contribution is 7.99. The minimum atomic E-state index is -4.58. The van der Waals surface area contributed by atoms with Crippen LogP contribution in [-0.2, 0) is 6.18 Å². The fourth-order valence-corrected chi connectivity index (χ4v) is 5.16. The molecule has 3 aromatic carbocycles. The predicted molar refractivity (Wildman–Crippen MR) is 158 cm³/mol. The largest absolute Gasteiger partial charge is 0.508 e. The molecular weight excluding hydrogens is 587 g/mol. The Kier molecular flexibility index (Phi) is 8.24. The minimum absolute atomic E-state index is 0.101. The molecule has 3 N–H and O–H groups in total. The summed E-state index contributed by atoms with van der Waals surface area (Å²) in [5, 5.41) is 16.1. The number of hydrogen-bond acceptors (Lipinski definition) is 7. The topological polar surface area (TPSA) is 100 Å². The predicted octanol–water partition coefficient (Wildman–Crippen LogP) is 8.67. The van der Waals surface area contributed by atoms with Gasteiger partial charge in [0, 0.05) is 21.2 Å². The van der Waals surface area contributed by atoms with Crippen LogP contribution in [0.2, 0.25) is 5.02 Å². The number of nitrogens with one attached hydrogen (secondary N) is 2. The first-order chi connectivity index (χ1) is 20.0. The first-order valence-electron chi connectivity index (χ1n) is 12.7. The van der Waals surface area contributed by atoms with Gasteiger partial charge in [-0.2, -0.15) is 13.2 Å². The second-order valence-electron chi connectivity index (χ2n) is 9.56. The molecule has 5 rings (SSSR count). The Hall–Kier alpha value is -4.35. The van der Waals surface area contributed by atoms with Crippen LogP contribution < -0.4 is 10.6 Å². The molecule has 5 aromatic rings. The van der Waals surface area contributed by atoms with Gasteiger partial charge in [0.25, 0.3) is 5.91 Å². The van der Waals surface area contributed by atoms with Crippen LogP contribution in [0.4, 0.5) is 30.4 Å². The molecule has 0 aliphatic rings. The maximum Gasteiger partial charge on any atom is 0.416 e. The van der Waals surface area contributed by atoms with Gasteiger partial charge in [-0.3, -0.25) is 4.79 Å². The third kappa shape index (κ3) is 6.58. The maximum absolute atomic E-state index is 13.0. The Bertz CT molecular complexity index is 1780. The minimum Gasteiger partial charge on any atom is -0.508 e. The Morgan fingerprint density at radius 3 is 2.43 bits per heavy atom. The Balaban J connectivity index is 1.49. The van der Waals surface area contributed by atoms with Gasteiger partial charge in [-0.15, -0.1) is 0 Å². The van der Waals surface area contributed by atoms with Gasteiger partial charge in [-0.25, -0.2) is 15.0 Å². The fraction of sp³-hybridized carbons (Fsp3) is 0.133. The summed E-state index contributed by atoms with van der Waals surface area (Å²) in [6.07, 6.45) is -3.17. The SMILES string of the molecule is CC(C)c1ccc2c(Nc3cc(NC(=O)c4ccc(C(F)(F)F)cc4Cl)ccc3Sc3ccc(O)cc3)ncnc2n1. The number of hydrogen-bond donors (Lipinski definition) is 3. The number of anilines is 3. The van der Waals surface area contributed by atoms with Crippen LogP contribution in [0.15, 0.2) is 88.9 Å². The lowest BCUT2D eigenvalue weighted by Crippen LogP contribution is -2.14. The monoisotopic (exact) mass is 609 g/mol. The normalized spacial score (nSPS) is 11.6. The molecule has 0 atom stereocenters. The van der Waals surface area contributed by atoms with Gasteiger partial charge < -0.3 is 15.7 Å². The molecule has 12 heteroatoms. The number of rotatable bonds is 7. The molecule has 0 saturated heterocycles. The summed E-state index contributed by atoms with van der Waals surface area (Å²) in [4.78, 5) is 28.0. The highest BCUT2D eigenvalue weighted by Gasteiger charge is 2.31. The van der Waals surface area contributed by atoms with Crippen molar-refractivity contribution in [1.82, 2.24) is 15.0 Å². The van der Waals surface area contributed by atoms with E-state index in [1.165, 1.54) is 18.1 Å². The molecule has 0 bridgehead atoms. The van der Waals surface area contributed by atoms with Crippen LogP contribution in [-0.4, -0.2) is 26.0 Å². The molecule has 0 unspecified atom stereocenters. The summed E-state index contributed by atoms with van der Waals surface area (Å²) in [5.41, 5.74) is 1.31. The van der Waals surface area contributed by atoms with Crippen molar-refractivity contribution >= 4 is 57.5 Å². The number of amides is 1. The molecule has 42 heavy (non-hydrogen) atoms. The first-order valence-corrected chi connectivity index (χ1v) is 13.8. The molecule has 0 fully saturated rings. The van der Waals surface area contributed by atoms with Crippen molar-refractivity contribution < 1.29 is 23.1 Å². The van der Waals surface area contributed by atoms with Gasteiger partial charge >= 0.3 is 6.18 Å². The number of phenols is 1. The summed E-state index contributed by atoms with van der Waals surface area (Å²) in [7, 11) is 0. The number of aromatic nitrogens is 3. The molecule has 0 saturated carbocycles. The standard InChI is InChI=1S/C30H23ClF3N5O2S/c1-16(2)24-11-10-22-27(38-24)35-15-36-28(22)39-25-14-18(4-12-26(25)42-20-7-5-19(40)6-8-20)37-29(41)21-9-3-17(13-23(21)31)30(32,33)34/h3-16,40H,1-2H3,(H,37,41)(H,35,36,38,39).